The zero-order valence-corrected chi connectivity index (χ0v) is 19.0. The second-order valence-electron chi connectivity index (χ2n) is 7.23. The number of allylic oxidation sites excluding steroid dienone is 1. The highest BCUT2D eigenvalue weighted by atomic mass is 16.5. The molecule has 0 radical (unpaired) electrons. The molecule has 0 saturated heterocycles. The molecular weight excluding hydrogens is 388 g/mol. The fraction of sp³-hybridized carbons (Fsp3) is 0.370. The number of carbonyl (C=O) groups is 1. The van der Waals surface area contributed by atoms with Gasteiger partial charge in [0.1, 0.15) is 23.9 Å². The Morgan fingerprint density at radius 1 is 0.903 bits per heavy atom. The number of ketones is 1. The highest BCUT2D eigenvalue weighted by Gasteiger charge is 2.15. The molecule has 0 atom stereocenters. The molecule has 0 N–H and O–H groups in total. The maximum Gasteiger partial charge on any atom is 0.185 e. The van der Waals surface area contributed by atoms with Gasteiger partial charge in [-0.1, -0.05) is 45.9 Å². The van der Waals surface area contributed by atoms with E-state index in [4.69, 9.17) is 14.2 Å². The van der Waals surface area contributed by atoms with Gasteiger partial charge < -0.3 is 14.2 Å². The maximum atomic E-state index is 12.8. The van der Waals surface area contributed by atoms with Crippen molar-refractivity contribution in [2.75, 3.05) is 19.8 Å². The highest BCUT2D eigenvalue weighted by molar-refractivity contribution is 6.07. The van der Waals surface area contributed by atoms with E-state index in [0.717, 1.165) is 48.3 Å². The van der Waals surface area contributed by atoms with Gasteiger partial charge in [0.05, 0.1) is 18.8 Å². The molecule has 2 aromatic carbocycles. The first-order valence-electron chi connectivity index (χ1n) is 11.1. The van der Waals surface area contributed by atoms with Crippen molar-refractivity contribution in [3.8, 4) is 17.2 Å². The van der Waals surface area contributed by atoms with E-state index in [0.29, 0.717) is 31.1 Å². The predicted octanol–water partition coefficient (Wildman–Crippen LogP) is 6.68. The molecule has 0 aliphatic rings. The van der Waals surface area contributed by atoms with Gasteiger partial charge in [-0.3, -0.25) is 4.79 Å². The van der Waals surface area contributed by atoms with Crippen LogP contribution in [-0.4, -0.2) is 25.6 Å². The Labute approximate surface area is 186 Å². The van der Waals surface area contributed by atoms with E-state index in [9.17, 15) is 4.79 Å². The summed E-state index contributed by atoms with van der Waals surface area (Å²) in [6, 6.07) is 11.2. The van der Waals surface area contributed by atoms with Gasteiger partial charge in [-0.15, -0.1) is 0 Å². The van der Waals surface area contributed by atoms with E-state index in [1.165, 1.54) is 0 Å². The van der Waals surface area contributed by atoms with Gasteiger partial charge in [0.2, 0.25) is 0 Å². The van der Waals surface area contributed by atoms with Crippen LogP contribution in [0.1, 0.15) is 61.5 Å². The molecule has 2 rings (SSSR count). The first kappa shape index (κ1) is 24.3. The van der Waals surface area contributed by atoms with Crippen LogP contribution in [0.4, 0.5) is 0 Å². The van der Waals surface area contributed by atoms with Gasteiger partial charge in [-0.2, -0.15) is 0 Å². The van der Waals surface area contributed by atoms with Crippen molar-refractivity contribution in [1.82, 2.24) is 0 Å². The Balaban J connectivity index is 2.34. The molecule has 0 unspecified atom stereocenters. The summed E-state index contributed by atoms with van der Waals surface area (Å²) < 4.78 is 17.6. The van der Waals surface area contributed by atoms with Crippen molar-refractivity contribution in [2.24, 2.45) is 0 Å². The topological polar surface area (TPSA) is 44.8 Å². The van der Waals surface area contributed by atoms with E-state index >= 15 is 0 Å². The van der Waals surface area contributed by atoms with Crippen LogP contribution in [0.5, 0.6) is 17.2 Å². The molecule has 0 saturated carbocycles. The lowest BCUT2D eigenvalue weighted by atomic mass is 10.0. The van der Waals surface area contributed by atoms with Gasteiger partial charge >= 0.3 is 0 Å². The zero-order valence-electron chi connectivity index (χ0n) is 19.0. The Morgan fingerprint density at radius 3 is 2.26 bits per heavy atom. The largest absolute Gasteiger partial charge is 0.493 e. The summed E-state index contributed by atoms with van der Waals surface area (Å²) in [6.07, 6.45) is 8.83. The number of benzene rings is 2. The molecule has 4 nitrogen and oxygen atoms in total. The first-order valence-corrected chi connectivity index (χ1v) is 11.1. The predicted molar refractivity (Wildman–Crippen MR) is 128 cm³/mol. The second-order valence-corrected chi connectivity index (χ2v) is 7.23. The van der Waals surface area contributed by atoms with Crippen LogP contribution in [-0.2, 0) is 6.42 Å². The molecule has 0 aliphatic heterocycles. The van der Waals surface area contributed by atoms with Gasteiger partial charge in [-0.25, -0.2) is 0 Å². The van der Waals surface area contributed by atoms with Gasteiger partial charge in [0.15, 0.2) is 5.78 Å². The van der Waals surface area contributed by atoms with Crippen LogP contribution in [0, 0.1) is 0 Å². The second kappa shape index (κ2) is 13.3. The molecule has 2 aromatic rings. The average molecular weight is 423 g/mol. The standard InChI is InChI=1S/C27H34O4/c1-5-9-22-12-17-26(30-19-7-3)24(27(22)31-20-8-4)15-16-25(28)21-10-13-23(14-11-21)29-18-6-2/h6,10-17H,2,5,7-9,18-20H2,1,3-4H3/b16-15+. The molecule has 0 aromatic heterocycles. The number of hydrogen-bond acceptors (Lipinski definition) is 4. The molecule has 0 fully saturated rings. The molecule has 0 aliphatic carbocycles. The Morgan fingerprint density at radius 2 is 1.61 bits per heavy atom. The van der Waals surface area contributed by atoms with Crippen molar-refractivity contribution in [3.05, 3.63) is 71.8 Å². The van der Waals surface area contributed by atoms with E-state index in [-0.39, 0.29) is 5.78 Å². The van der Waals surface area contributed by atoms with Gasteiger partial charge in [0.25, 0.3) is 0 Å². The number of ether oxygens (including phenoxy) is 3. The molecule has 166 valence electrons. The maximum absolute atomic E-state index is 12.8. The smallest absolute Gasteiger partial charge is 0.185 e. The summed E-state index contributed by atoms with van der Waals surface area (Å²) in [5.41, 5.74) is 2.56. The van der Waals surface area contributed by atoms with Crippen molar-refractivity contribution < 1.29 is 19.0 Å². The summed E-state index contributed by atoms with van der Waals surface area (Å²) in [6.45, 7) is 11.6. The quantitative estimate of drug-likeness (QED) is 0.194. The number of carbonyl (C=O) groups excluding carboxylic acids is 1. The van der Waals surface area contributed by atoms with Crippen molar-refractivity contribution >= 4 is 11.9 Å². The van der Waals surface area contributed by atoms with Crippen LogP contribution >= 0.6 is 0 Å². The van der Waals surface area contributed by atoms with Crippen LogP contribution in [0.3, 0.4) is 0 Å². The first-order chi connectivity index (χ1) is 15.1. The lowest BCUT2D eigenvalue weighted by Crippen LogP contribution is -2.05. The van der Waals surface area contributed by atoms with Gasteiger partial charge in [0, 0.05) is 5.56 Å². The summed E-state index contributed by atoms with van der Waals surface area (Å²) in [4.78, 5) is 12.8. The van der Waals surface area contributed by atoms with Gasteiger partial charge in [-0.05, 0) is 67.3 Å². The molecule has 4 heteroatoms. The SMILES string of the molecule is C=CCOc1ccc(C(=O)/C=C/c2c(OCCC)ccc(CCC)c2OCCC)cc1. The summed E-state index contributed by atoms with van der Waals surface area (Å²) in [5, 5.41) is 0. The van der Waals surface area contributed by atoms with Crippen molar-refractivity contribution in [3.63, 3.8) is 0 Å². The lowest BCUT2D eigenvalue weighted by Gasteiger charge is -2.17. The molecule has 31 heavy (non-hydrogen) atoms. The Hall–Kier alpha value is -3.01. The third-order valence-corrected chi connectivity index (χ3v) is 4.58. The summed E-state index contributed by atoms with van der Waals surface area (Å²) in [5.74, 6) is 2.18. The van der Waals surface area contributed by atoms with E-state index < -0.39 is 0 Å². The van der Waals surface area contributed by atoms with Crippen LogP contribution < -0.4 is 14.2 Å². The van der Waals surface area contributed by atoms with E-state index in [1.807, 2.05) is 12.1 Å². The minimum atomic E-state index is -0.0842. The molecule has 0 spiro atoms. The van der Waals surface area contributed by atoms with Crippen molar-refractivity contribution in [1.29, 1.82) is 0 Å². The fourth-order valence-corrected chi connectivity index (χ4v) is 3.09. The highest BCUT2D eigenvalue weighted by Crippen LogP contribution is 2.35. The number of aryl methyl sites for hydroxylation is 1. The van der Waals surface area contributed by atoms with Crippen LogP contribution in [0.2, 0.25) is 0 Å². The monoisotopic (exact) mass is 422 g/mol. The normalized spacial score (nSPS) is 10.8. The van der Waals surface area contributed by atoms with Crippen LogP contribution in [0.25, 0.3) is 6.08 Å². The third kappa shape index (κ3) is 7.32. The number of rotatable bonds is 14. The molecule has 0 bridgehead atoms. The third-order valence-electron chi connectivity index (χ3n) is 4.58. The summed E-state index contributed by atoms with van der Waals surface area (Å²) >= 11 is 0. The lowest BCUT2D eigenvalue weighted by molar-refractivity contribution is 0.104. The Kier molecular flexibility index (Phi) is 10.4. The van der Waals surface area contributed by atoms with Crippen molar-refractivity contribution in [2.45, 2.75) is 46.5 Å². The average Bonchev–Trinajstić information content (AvgIpc) is 2.80. The Bertz CT molecular complexity index is 866. The fourth-order valence-electron chi connectivity index (χ4n) is 3.09. The minimum absolute atomic E-state index is 0.0842. The molecular formula is C27H34O4. The van der Waals surface area contributed by atoms with Crippen LogP contribution in [0.15, 0.2) is 55.1 Å². The summed E-state index contributed by atoms with van der Waals surface area (Å²) in [7, 11) is 0. The number of hydrogen-bond donors (Lipinski definition) is 0. The molecule has 0 heterocycles. The molecule has 0 amide bonds. The minimum Gasteiger partial charge on any atom is -0.493 e. The van der Waals surface area contributed by atoms with E-state index in [2.05, 4.69) is 33.4 Å². The zero-order chi connectivity index (χ0) is 22.5. The van der Waals surface area contributed by atoms with E-state index in [1.54, 1.807) is 36.4 Å².